The summed E-state index contributed by atoms with van der Waals surface area (Å²) < 4.78 is 0. The summed E-state index contributed by atoms with van der Waals surface area (Å²) in [7, 11) is -0.466. The van der Waals surface area contributed by atoms with Gasteiger partial charge in [-0.1, -0.05) is 43.7 Å². The van der Waals surface area contributed by atoms with E-state index in [1.807, 2.05) is 36.0 Å². The quantitative estimate of drug-likeness (QED) is 0.718. The predicted octanol–water partition coefficient (Wildman–Crippen LogP) is 1.02. The molecule has 1 aromatic carbocycles. The molecule has 0 heterocycles. The lowest BCUT2D eigenvalue weighted by molar-refractivity contribution is 0.401. The molecular formula is C11H18BNO. The first-order chi connectivity index (χ1) is 6.70. The summed E-state index contributed by atoms with van der Waals surface area (Å²) in [6, 6.07) is 7.98. The van der Waals surface area contributed by atoms with E-state index in [-0.39, 0.29) is 0 Å². The molecule has 0 amide bonds. The smallest absolute Gasteiger partial charge is 0.416 e. The van der Waals surface area contributed by atoms with Gasteiger partial charge in [0.25, 0.3) is 0 Å². The molecule has 0 unspecified atom stereocenters. The highest BCUT2D eigenvalue weighted by atomic mass is 16.2. The predicted molar refractivity (Wildman–Crippen MR) is 61.7 cm³/mol. The van der Waals surface area contributed by atoms with Gasteiger partial charge in [0.1, 0.15) is 0 Å². The largest absolute Gasteiger partial charge is 0.433 e. The molecule has 1 rings (SSSR count). The maximum Gasteiger partial charge on any atom is 0.416 e. The van der Waals surface area contributed by atoms with Crippen LogP contribution in [0.4, 0.5) is 0 Å². The fourth-order valence-electron chi connectivity index (χ4n) is 1.64. The second-order valence-electron chi connectivity index (χ2n) is 3.45. The molecule has 76 valence electrons. The molecule has 0 aliphatic heterocycles. The third-order valence-electron chi connectivity index (χ3n) is 2.62. The summed E-state index contributed by atoms with van der Waals surface area (Å²) in [6.45, 7) is 7.88. The molecule has 0 aliphatic carbocycles. The fraction of sp³-hybridized carbons (Fsp3) is 0.455. The van der Waals surface area contributed by atoms with Crippen molar-refractivity contribution in [3.8, 4) is 0 Å². The Labute approximate surface area is 86.7 Å². The first-order valence-corrected chi connectivity index (χ1v) is 5.18. The highest BCUT2D eigenvalue weighted by molar-refractivity contribution is 6.63. The van der Waals surface area contributed by atoms with Gasteiger partial charge in [-0.3, -0.25) is 0 Å². The minimum absolute atomic E-state index is 0.466. The van der Waals surface area contributed by atoms with Gasteiger partial charge in [-0.15, -0.1) is 0 Å². The highest BCUT2D eigenvalue weighted by Crippen LogP contribution is 1.98. The van der Waals surface area contributed by atoms with Crippen molar-refractivity contribution in [2.24, 2.45) is 0 Å². The van der Waals surface area contributed by atoms with Gasteiger partial charge in [-0.2, -0.15) is 0 Å². The molecule has 3 heteroatoms. The average Bonchev–Trinajstić information content (AvgIpc) is 2.20. The summed E-state index contributed by atoms with van der Waals surface area (Å²) in [6.07, 6.45) is 0. The van der Waals surface area contributed by atoms with Gasteiger partial charge in [0, 0.05) is 0 Å². The van der Waals surface area contributed by atoms with Crippen molar-refractivity contribution < 1.29 is 5.02 Å². The molecule has 2 nitrogen and oxygen atoms in total. The van der Waals surface area contributed by atoms with Crippen LogP contribution in [-0.2, 0) is 0 Å². The lowest BCUT2D eigenvalue weighted by atomic mass is 9.69. The normalized spacial score (nSPS) is 10.6. The Bertz CT molecular complexity index is 286. The van der Waals surface area contributed by atoms with Crippen LogP contribution in [0.25, 0.3) is 0 Å². The molecule has 0 radical (unpaired) electrons. The van der Waals surface area contributed by atoms with Crippen molar-refractivity contribution in [2.75, 3.05) is 13.1 Å². The Kier molecular flexibility index (Phi) is 4.17. The van der Waals surface area contributed by atoms with Crippen molar-refractivity contribution in [3.05, 3.63) is 29.8 Å². The SMILES string of the molecule is CCN(CC)B(O)c1ccccc1C. The van der Waals surface area contributed by atoms with Crippen molar-refractivity contribution >= 4 is 12.5 Å². The van der Waals surface area contributed by atoms with Crippen molar-refractivity contribution in [3.63, 3.8) is 0 Å². The van der Waals surface area contributed by atoms with E-state index in [1.165, 1.54) is 0 Å². The van der Waals surface area contributed by atoms with Crippen LogP contribution < -0.4 is 5.46 Å². The fourth-order valence-corrected chi connectivity index (χ4v) is 1.64. The second-order valence-corrected chi connectivity index (χ2v) is 3.45. The van der Waals surface area contributed by atoms with Crippen LogP contribution in [0.2, 0.25) is 0 Å². The second kappa shape index (κ2) is 5.18. The molecule has 0 saturated heterocycles. The number of hydrogen-bond acceptors (Lipinski definition) is 2. The summed E-state index contributed by atoms with van der Waals surface area (Å²) in [4.78, 5) is 2.03. The van der Waals surface area contributed by atoms with E-state index >= 15 is 0 Å². The van der Waals surface area contributed by atoms with E-state index in [9.17, 15) is 5.02 Å². The Balaban J connectivity index is 2.88. The monoisotopic (exact) mass is 191 g/mol. The zero-order chi connectivity index (χ0) is 10.6. The van der Waals surface area contributed by atoms with Crippen molar-refractivity contribution in [1.29, 1.82) is 0 Å². The van der Waals surface area contributed by atoms with Crippen LogP contribution >= 0.6 is 0 Å². The summed E-state index contributed by atoms with van der Waals surface area (Å²) in [5, 5.41) is 10.1. The van der Waals surface area contributed by atoms with Crippen molar-refractivity contribution in [2.45, 2.75) is 20.8 Å². The Morgan fingerprint density at radius 3 is 2.29 bits per heavy atom. The van der Waals surface area contributed by atoms with Gasteiger partial charge in [0.05, 0.1) is 0 Å². The van der Waals surface area contributed by atoms with Crippen LogP contribution in [0.15, 0.2) is 24.3 Å². The number of nitrogens with zero attached hydrogens (tertiary/aromatic N) is 1. The third kappa shape index (κ3) is 2.37. The van der Waals surface area contributed by atoms with E-state index < -0.39 is 7.05 Å². The maximum absolute atomic E-state index is 10.1. The summed E-state index contributed by atoms with van der Waals surface area (Å²) in [5.74, 6) is 0. The zero-order valence-corrected chi connectivity index (χ0v) is 9.20. The number of benzene rings is 1. The molecule has 0 atom stereocenters. The molecule has 0 aromatic heterocycles. The molecule has 0 spiro atoms. The minimum Gasteiger partial charge on any atom is -0.433 e. The molecule has 0 bridgehead atoms. The molecular weight excluding hydrogens is 173 g/mol. The van der Waals surface area contributed by atoms with Gasteiger partial charge >= 0.3 is 7.05 Å². The van der Waals surface area contributed by atoms with Crippen LogP contribution in [0.5, 0.6) is 0 Å². The van der Waals surface area contributed by atoms with Gasteiger partial charge in [0.2, 0.25) is 0 Å². The van der Waals surface area contributed by atoms with Crippen LogP contribution in [0.1, 0.15) is 19.4 Å². The lowest BCUT2D eigenvalue weighted by Crippen LogP contribution is -2.49. The third-order valence-corrected chi connectivity index (χ3v) is 2.62. The lowest BCUT2D eigenvalue weighted by Gasteiger charge is -2.22. The highest BCUT2D eigenvalue weighted by Gasteiger charge is 2.22. The Hall–Kier alpha value is -0.795. The molecule has 0 aliphatic rings. The van der Waals surface area contributed by atoms with Crippen LogP contribution in [0.3, 0.4) is 0 Å². The topological polar surface area (TPSA) is 23.5 Å². The van der Waals surface area contributed by atoms with Crippen LogP contribution in [-0.4, -0.2) is 30.0 Å². The standard InChI is InChI=1S/C11H18BNO/c1-4-13(5-2)12(14)11-9-7-6-8-10(11)3/h6-9,14H,4-5H2,1-3H3. The van der Waals surface area contributed by atoms with E-state index in [0.717, 1.165) is 24.1 Å². The van der Waals surface area contributed by atoms with E-state index in [1.54, 1.807) is 0 Å². The molecule has 1 N–H and O–H groups in total. The van der Waals surface area contributed by atoms with Crippen molar-refractivity contribution in [1.82, 2.24) is 4.81 Å². The molecule has 14 heavy (non-hydrogen) atoms. The number of hydrogen-bond donors (Lipinski definition) is 1. The first-order valence-electron chi connectivity index (χ1n) is 5.18. The number of aryl methyl sites for hydroxylation is 1. The van der Waals surface area contributed by atoms with Gasteiger partial charge in [0.15, 0.2) is 0 Å². The maximum atomic E-state index is 10.1. The Morgan fingerprint density at radius 1 is 1.21 bits per heavy atom. The van der Waals surface area contributed by atoms with Gasteiger partial charge in [-0.05, 0) is 25.5 Å². The zero-order valence-electron chi connectivity index (χ0n) is 9.20. The average molecular weight is 191 g/mol. The first kappa shape index (κ1) is 11.3. The van der Waals surface area contributed by atoms with Crippen LogP contribution in [0, 0.1) is 6.92 Å². The minimum atomic E-state index is -0.466. The molecule has 1 aromatic rings. The van der Waals surface area contributed by atoms with Gasteiger partial charge < -0.3 is 9.83 Å². The Morgan fingerprint density at radius 2 is 1.79 bits per heavy atom. The molecule has 0 saturated carbocycles. The summed E-state index contributed by atoms with van der Waals surface area (Å²) >= 11 is 0. The van der Waals surface area contributed by atoms with Gasteiger partial charge in [-0.25, -0.2) is 0 Å². The number of rotatable bonds is 4. The van der Waals surface area contributed by atoms with E-state index in [4.69, 9.17) is 0 Å². The van der Waals surface area contributed by atoms with E-state index in [2.05, 4.69) is 13.8 Å². The molecule has 0 fully saturated rings. The van der Waals surface area contributed by atoms with E-state index in [0.29, 0.717) is 0 Å². The summed E-state index contributed by atoms with van der Waals surface area (Å²) in [5.41, 5.74) is 2.16.